The second-order valence-corrected chi connectivity index (χ2v) is 4.51. The van der Waals surface area contributed by atoms with Crippen LogP contribution in [0.1, 0.15) is 20.3 Å². The van der Waals surface area contributed by atoms with Crippen LogP contribution in [0.4, 0.5) is 5.69 Å². The van der Waals surface area contributed by atoms with E-state index in [9.17, 15) is 4.79 Å². The van der Waals surface area contributed by atoms with Crippen LogP contribution in [0.2, 0.25) is 0 Å². The quantitative estimate of drug-likeness (QED) is 0.450. The Morgan fingerprint density at radius 1 is 1.25 bits per heavy atom. The lowest BCUT2D eigenvalue weighted by atomic mass is 10.3. The smallest absolute Gasteiger partial charge is 0.315 e. The predicted octanol–water partition coefficient (Wildman–Crippen LogP) is 3.48. The number of methoxy groups -OCH3 is 1. The van der Waals surface area contributed by atoms with Crippen LogP contribution in [-0.4, -0.2) is 32.2 Å². The van der Waals surface area contributed by atoms with Crippen molar-refractivity contribution in [3.63, 3.8) is 0 Å². The maximum absolute atomic E-state index is 11.5. The molecule has 0 aliphatic rings. The lowest BCUT2D eigenvalue weighted by Crippen LogP contribution is -2.14. The molecule has 110 valence electrons. The largest absolute Gasteiger partial charge is 0.495 e. The van der Waals surface area contributed by atoms with Gasteiger partial charge in [0.2, 0.25) is 0 Å². The Balaban J connectivity index is 2.98. The van der Waals surface area contributed by atoms with Crippen molar-refractivity contribution in [3.05, 3.63) is 22.7 Å². The van der Waals surface area contributed by atoms with Crippen LogP contribution in [0.3, 0.4) is 0 Å². The van der Waals surface area contributed by atoms with Crippen LogP contribution in [0.25, 0.3) is 0 Å². The second kappa shape index (κ2) is 8.58. The first-order chi connectivity index (χ1) is 9.62. The number of benzene rings is 1. The number of hydrogen-bond acceptors (Lipinski definition) is 5. The Labute approximate surface area is 127 Å². The minimum Gasteiger partial charge on any atom is -0.495 e. The maximum Gasteiger partial charge on any atom is 0.315 e. The Hall–Kier alpha value is -1.56. The summed E-state index contributed by atoms with van der Waals surface area (Å²) in [5.41, 5.74) is 0.636. The molecule has 0 radical (unpaired) electrons. The third-order valence-electron chi connectivity index (χ3n) is 2.32. The second-order valence-electron chi connectivity index (χ2n) is 3.71. The highest BCUT2D eigenvalue weighted by Gasteiger charge is 2.12. The Morgan fingerprint density at radius 2 is 1.95 bits per heavy atom. The van der Waals surface area contributed by atoms with Crippen molar-refractivity contribution in [3.8, 4) is 5.75 Å². The van der Waals surface area contributed by atoms with Crippen molar-refractivity contribution in [1.82, 2.24) is 0 Å². The zero-order chi connectivity index (χ0) is 15.0. The van der Waals surface area contributed by atoms with Gasteiger partial charge in [0.15, 0.2) is 5.90 Å². The number of halogens is 1. The Morgan fingerprint density at radius 3 is 2.55 bits per heavy atom. The zero-order valence-electron chi connectivity index (χ0n) is 11.8. The summed E-state index contributed by atoms with van der Waals surface area (Å²) in [5, 5.41) is 0. The van der Waals surface area contributed by atoms with Crippen molar-refractivity contribution >= 4 is 33.5 Å². The normalized spacial score (nSPS) is 11.1. The van der Waals surface area contributed by atoms with Gasteiger partial charge in [-0.2, -0.15) is 0 Å². The number of esters is 1. The number of aliphatic imine (C=N–C) groups is 1. The van der Waals surface area contributed by atoms with Gasteiger partial charge in [-0.1, -0.05) is 6.07 Å². The molecule has 0 bridgehead atoms. The predicted molar refractivity (Wildman–Crippen MR) is 80.7 cm³/mol. The fourth-order valence-electron chi connectivity index (χ4n) is 1.50. The van der Waals surface area contributed by atoms with E-state index >= 15 is 0 Å². The van der Waals surface area contributed by atoms with E-state index in [1.165, 1.54) is 0 Å². The summed E-state index contributed by atoms with van der Waals surface area (Å²) >= 11 is 3.41. The molecule has 0 N–H and O–H groups in total. The third-order valence-corrected chi connectivity index (χ3v) is 3.12. The first kappa shape index (κ1) is 16.5. The molecule has 1 aromatic rings. The average molecular weight is 344 g/mol. The number of carbonyl (C=O) groups is 1. The molecule has 0 saturated heterocycles. The standard InChI is InChI=1S/C14H18BrNO4/c1-4-19-12(9-13(17)20-5-2)16-10-7-6-8-11(18-3)14(10)15/h6-8H,4-5,9H2,1-3H3. The molecule has 0 aliphatic carbocycles. The van der Waals surface area contributed by atoms with Crippen LogP contribution >= 0.6 is 15.9 Å². The van der Waals surface area contributed by atoms with Gasteiger partial charge in [0.05, 0.1) is 30.5 Å². The number of rotatable bonds is 6. The Kier molecular flexibility index (Phi) is 7.08. The molecule has 0 atom stereocenters. The fraction of sp³-hybridized carbons (Fsp3) is 0.429. The fourth-order valence-corrected chi connectivity index (χ4v) is 2.02. The highest BCUT2D eigenvalue weighted by atomic mass is 79.9. The van der Waals surface area contributed by atoms with E-state index < -0.39 is 0 Å². The van der Waals surface area contributed by atoms with Crippen LogP contribution in [-0.2, 0) is 14.3 Å². The van der Waals surface area contributed by atoms with E-state index in [1.54, 1.807) is 20.1 Å². The van der Waals surface area contributed by atoms with E-state index in [0.29, 0.717) is 35.0 Å². The van der Waals surface area contributed by atoms with Gasteiger partial charge in [0.25, 0.3) is 0 Å². The van der Waals surface area contributed by atoms with Crippen LogP contribution < -0.4 is 4.74 Å². The van der Waals surface area contributed by atoms with Gasteiger partial charge in [-0.15, -0.1) is 0 Å². The van der Waals surface area contributed by atoms with Gasteiger partial charge in [0.1, 0.15) is 12.2 Å². The van der Waals surface area contributed by atoms with Crippen molar-refractivity contribution in [1.29, 1.82) is 0 Å². The van der Waals surface area contributed by atoms with Crippen LogP contribution in [0.15, 0.2) is 27.7 Å². The number of nitrogens with zero attached hydrogens (tertiary/aromatic N) is 1. The summed E-state index contributed by atoms with van der Waals surface area (Å²) in [4.78, 5) is 15.9. The van der Waals surface area contributed by atoms with E-state index in [4.69, 9.17) is 14.2 Å². The Bertz CT molecular complexity index is 488. The van der Waals surface area contributed by atoms with Crippen molar-refractivity contribution in [2.45, 2.75) is 20.3 Å². The molecule has 0 aliphatic heterocycles. The first-order valence-corrected chi connectivity index (χ1v) is 7.10. The van der Waals surface area contributed by atoms with Crippen LogP contribution in [0.5, 0.6) is 5.75 Å². The molecule has 20 heavy (non-hydrogen) atoms. The molecule has 0 unspecified atom stereocenters. The SMILES string of the molecule is CCOC(=O)CC(=Nc1cccc(OC)c1Br)OCC. The molecule has 0 heterocycles. The molecular formula is C14H18BrNO4. The van der Waals surface area contributed by atoms with Gasteiger partial charge in [-0.3, -0.25) is 4.79 Å². The number of ether oxygens (including phenoxy) is 3. The minimum absolute atomic E-state index is 0.00529. The van der Waals surface area contributed by atoms with Gasteiger partial charge in [0, 0.05) is 0 Å². The molecule has 0 saturated carbocycles. The molecule has 0 amide bonds. The highest BCUT2D eigenvalue weighted by molar-refractivity contribution is 9.10. The monoisotopic (exact) mass is 343 g/mol. The van der Waals surface area contributed by atoms with E-state index in [-0.39, 0.29) is 12.4 Å². The number of carbonyl (C=O) groups excluding carboxylic acids is 1. The summed E-state index contributed by atoms with van der Waals surface area (Å²) in [5.74, 6) is 0.622. The molecular weight excluding hydrogens is 326 g/mol. The molecule has 0 fully saturated rings. The van der Waals surface area contributed by atoms with Crippen molar-refractivity contribution in [2.75, 3.05) is 20.3 Å². The molecule has 1 aromatic carbocycles. The summed E-state index contributed by atoms with van der Waals surface area (Å²) in [6, 6.07) is 5.43. The number of hydrogen-bond donors (Lipinski definition) is 0. The molecule has 0 aromatic heterocycles. The summed E-state index contributed by atoms with van der Waals surface area (Å²) in [6.45, 7) is 4.36. The topological polar surface area (TPSA) is 57.1 Å². The average Bonchev–Trinajstić information content (AvgIpc) is 2.41. The highest BCUT2D eigenvalue weighted by Crippen LogP contribution is 2.34. The van der Waals surface area contributed by atoms with E-state index in [1.807, 2.05) is 19.1 Å². The summed E-state index contributed by atoms with van der Waals surface area (Å²) in [6.07, 6.45) is 0.00529. The lowest BCUT2D eigenvalue weighted by molar-refractivity contribution is -0.141. The molecule has 6 heteroatoms. The molecule has 5 nitrogen and oxygen atoms in total. The first-order valence-electron chi connectivity index (χ1n) is 6.30. The van der Waals surface area contributed by atoms with E-state index in [2.05, 4.69) is 20.9 Å². The van der Waals surface area contributed by atoms with Crippen LogP contribution in [0, 0.1) is 0 Å². The maximum atomic E-state index is 11.5. The molecule has 0 spiro atoms. The zero-order valence-corrected chi connectivity index (χ0v) is 13.4. The minimum atomic E-state index is -0.362. The molecule has 1 rings (SSSR count). The van der Waals surface area contributed by atoms with E-state index in [0.717, 1.165) is 0 Å². The van der Waals surface area contributed by atoms with Gasteiger partial charge in [-0.25, -0.2) is 4.99 Å². The summed E-state index contributed by atoms with van der Waals surface area (Å²) < 4.78 is 16.2. The van der Waals surface area contributed by atoms with Gasteiger partial charge < -0.3 is 14.2 Å². The van der Waals surface area contributed by atoms with Crippen molar-refractivity contribution < 1.29 is 19.0 Å². The summed E-state index contributed by atoms with van der Waals surface area (Å²) in [7, 11) is 1.58. The van der Waals surface area contributed by atoms with Gasteiger partial charge in [-0.05, 0) is 41.9 Å². The third kappa shape index (κ3) is 4.85. The van der Waals surface area contributed by atoms with Gasteiger partial charge >= 0.3 is 5.97 Å². The van der Waals surface area contributed by atoms with Crippen molar-refractivity contribution in [2.24, 2.45) is 4.99 Å². The lowest BCUT2D eigenvalue weighted by Gasteiger charge is -2.09.